The predicted octanol–water partition coefficient (Wildman–Crippen LogP) is 6.60. The summed E-state index contributed by atoms with van der Waals surface area (Å²) in [4.78, 5) is 28.0. The van der Waals surface area contributed by atoms with Gasteiger partial charge in [-0.05, 0) is 48.4 Å². The van der Waals surface area contributed by atoms with E-state index in [-0.39, 0.29) is 21.9 Å². The molecule has 1 unspecified atom stereocenters. The van der Waals surface area contributed by atoms with Gasteiger partial charge in [0.1, 0.15) is 17.3 Å². The molecule has 1 atom stereocenters. The summed E-state index contributed by atoms with van der Waals surface area (Å²) in [5.41, 5.74) is 1.78. The van der Waals surface area contributed by atoms with Crippen LogP contribution in [0.15, 0.2) is 60.2 Å². The maximum absolute atomic E-state index is 13.3. The average molecular weight is 533 g/mol. The van der Waals surface area contributed by atoms with Gasteiger partial charge < -0.3 is 14.6 Å². The summed E-state index contributed by atoms with van der Waals surface area (Å²) in [5.74, 6) is -1.59. The third kappa shape index (κ3) is 4.45. The number of ether oxygens (including phenoxy) is 2. The lowest BCUT2D eigenvalue weighted by atomic mass is 9.94. The van der Waals surface area contributed by atoms with Crippen molar-refractivity contribution in [1.29, 1.82) is 0 Å². The normalized spacial score (nSPS) is 17.1. The van der Waals surface area contributed by atoms with Crippen LogP contribution in [0.5, 0.6) is 11.5 Å². The zero-order chi connectivity index (χ0) is 25.4. The third-order valence-electron chi connectivity index (χ3n) is 5.79. The lowest BCUT2D eigenvalue weighted by Gasteiger charge is -2.26. The molecule has 6 nitrogen and oxygen atoms in total. The van der Waals surface area contributed by atoms with E-state index in [1.807, 2.05) is 6.92 Å². The lowest BCUT2D eigenvalue weighted by molar-refractivity contribution is -0.132. The SMILES string of the molecule is COc1cc(OC)c(/C(O)=C2\C(=O)C(=O)N(c3ccc(C)c(Cl)c3)C2c2ccc(Cl)cc2)cc1Cl. The van der Waals surface area contributed by atoms with Gasteiger partial charge in [0.2, 0.25) is 0 Å². The van der Waals surface area contributed by atoms with E-state index in [2.05, 4.69) is 0 Å². The zero-order valence-corrected chi connectivity index (χ0v) is 21.2. The number of benzene rings is 3. The number of halogens is 3. The van der Waals surface area contributed by atoms with Crippen molar-refractivity contribution in [3.63, 3.8) is 0 Å². The summed E-state index contributed by atoms with van der Waals surface area (Å²) < 4.78 is 10.6. The van der Waals surface area contributed by atoms with E-state index >= 15 is 0 Å². The van der Waals surface area contributed by atoms with Gasteiger partial charge in [-0.3, -0.25) is 14.5 Å². The Morgan fingerprint density at radius 1 is 0.886 bits per heavy atom. The van der Waals surface area contributed by atoms with Crippen LogP contribution >= 0.6 is 34.8 Å². The molecule has 4 rings (SSSR count). The van der Waals surface area contributed by atoms with E-state index in [0.717, 1.165) is 5.56 Å². The number of carbonyl (C=O) groups excluding carboxylic acids is 2. The molecule has 3 aromatic rings. The molecule has 0 bridgehead atoms. The molecule has 1 saturated heterocycles. The molecule has 0 saturated carbocycles. The maximum Gasteiger partial charge on any atom is 0.300 e. The molecule has 180 valence electrons. The summed E-state index contributed by atoms with van der Waals surface area (Å²) >= 11 is 18.7. The van der Waals surface area contributed by atoms with Crippen molar-refractivity contribution < 1.29 is 24.2 Å². The van der Waals surface area contributed by atoms with Gasteiger partial charge in [-0.15, -0.1) is 0 Å². The van der Waals surface area contributed by atoms with Gasteiger partial charge in [0.05, 0.1) is 36.4 Å². The second-order valence-corrected chi connectivity index (χ2v) is 9.09. The number of methoxy groups -OCH3 is 2. The van der Waals surface area contributed by atoms with Gasteiger partial charge in [0.15, 0.2) is 0 Å². The number of Topliss-reactive ketones (excluding diaryl/α,β-unsaturated/α-hetero) is 1. The second kappa shape index (κ2) is 9.82. The summed E-state index contributed by atoms with van der Waals surface area (Å²) in [6.45, 7) is 1.83. The van der Waals surface area contributed by atoms with Crippen LogP contribution in [0.4, 0.5) is 5.69 Å². The van der Waals surface area contributed by atoms with Crippen LogP contribution in [0, 0.1) is 6.92 Å². The fourth-order valence-electron chi connectivity index (χ4n) is 3.98. The van der Waals surface area contributed by atoms with Crippen molar-refractivity contribution in [2.75, 3.05) is 19.1 Å². The van der Waals surface area contributed by atoms with Crippen LogP contribution in [0.3, 0.4) is 0 Å². The summed E-state index contributed by atoms with van der Waals surface area (Å²) in [5, 5.41) is 12.5. The number of amides is 1. The highest BCUT2D eigenvalue weighted by molar-refractivity contribution is 6.52. The first-order valence-corrected chi connectivity index (χ1v) is 11.6. The highest BCUT2D eigenvalue weighted by Crippen LogP contribution is 2.45. The first kappa shape index (κ1) is 24.9. The molecular weight excluding hydrogens is 513 g/mol. The maximum atomic E-state index is 13.3. The highest BCUT2D eigenvalue weighted by atomic mass is 35.5. The Kier molecular flexibility index (Phi) is 6.99. The number of ketones is 1. The van der Waals surface area contributed by atoms with Gasteiger partial charge in [-0.25, -0.2) is 0 Å². The number of hydrogen-bond donors (Lipinski definition) is 1. The van der Waals surface area contributed by atoms with Crippen molar-refractivity contribution in [2.24, 2.45) is 0 Å². The van der Waals surface area contributed by atoms with E-state index in [1.165, 1.54) is 31.3 Å². The molecule has 1 N–H and O–H groups in total. The van der Waals surface area contributed by atoms with Gasteiger partial charge in [-0.2, -0.15) is 0 Å². The first-order valence-electron chi connectivity index (χ1n) is 10.4. The minimum absolute atomic E-state index is 0.131. The van der Waals surface area contributed by atoms with Crippen LogP contribution < -0.4 is 14.4 Å². The molecule has 1 heterocycles. The van der Waals surface area contributed by atoms with Crippen LogP contribution in [0.25, 0.3) is 5.76 Å². The second-order valence-electron chi connectivity index (χ2n) is 7.84. The smallest absolute Gasteiger partial charge is 0.300 e. The lowest BCUT2D eigenvalue weighted by Crippen LogP contribution is -2.29. The number of anilines is 1. The molecule has 1 fully saturated rings. The number of nitrogens with zero attached hydrogens (tertiary/aromatic N) is 1. The Balaban J connectivity index is 1.99. The monoisotopic (exact) mass is 531 g/mol. The fraction of sp³-hybridized carbons (Fsp3) is 0.154. The predicted molar refractivity (Wildman–Crippen MR) is 137 cm³/mol. The molecule has 0 spiro atoms. The van der Waals surface area contributed by atoms with Crippen LogP contribution in [0.2, 0.25) is 15.1 Å². The molecule has 35 heavy (non-hydrogen) atoms. The largest absolute Gasteiger partial charge is 0.507 e. The summed E-state index contributed by atoms with van der Waals surface area (Å²) in [6, 6.07) is 13.7. The molecule has 0 aliphatic carbocycles. The van der Waals surface area contributed by atoms with Gasteiger partial charge >= 0.3 is 0 Å². The molecule has 0 radical (unpaired) electrons. The Labute approximate surface area is 217 Å². The molecule has 0 aromatic heterocycles. The number of hydrogen-bond acceptors (Lipinski definition) is 5. The average Bonchev–Trinajstić information content (AvgIpc) is 3.11. The van der Waals surface area contributed by atoms with E-state index < -0.39 is 23.5 Å². The number of aryl methyl sites for hydroxylation is 1. The minimum Gasteiger partial charge on any atom is -0.507 e. The topological polar surface area (TPSA) is 76.1 Å². The van der Waals surface area contributed by atoms with E-state index in [9.17, 15) is 14.7 Å². The van der Waals surface area contributed by atoms with Crippen molar-refractivity contribution >= 4 is 57.9 Å². The van der Waals surface area contributed by atoms with Gasteiger partial charge in [0.25, 0.3) is 11.7 Å². The zero-order valence-electron chi connectivity index (χ0n) is 18.9. The molecule has 9 heteroatoms. The van der Waals surface area contributed by atoms with Crippen molar-refractivity contribution in [2.45, 2.75) is 13.0 Å². The number of aliphatic hydroxyl groups excluding tert-OH is 1. The fourth-order valence-corrected chi connectivity index (χ4v) is 4.52. The molecule has 1 amide bonds. The minimum atomic E-state index is -0.961. The molecule has 1 aliphatic rings. The molecule has 1 aliphatic heterocycles. The number of rotatable bonds is 5. The van der Waals surface area contributed by atoms with Gasteiger partial charge in [-0.1, -0.05) is 53.0 Å². The van der Waals surface area contributed by atoms with Gasteiger partial charge in [0, 0.05) is 21.8 Å². The molecule has 3 aromatic carbocycles. The van der Waals surface area contributed by atoms with Crippen molar-refractivity contribution in [3.8, 4) is 11.5 Å². The Morgan fingerprint density at radius 2 is 1.54 bits per heavy atom. The third-order valence-corrected chi connectivity index (χ3v) is 6.75. The van der Waals surface area contributed by atoms with E-state index in [0.29, 0.717) is 27.0 Å². The van der Waals surface area contributed by atoms with Crippen molar-refractivity contribution in [1.82, 2.24) is 0 Å². The number of aliphatic hydroxyl groups is 1. The van der Waals surface area contributed by atoms with E-state index in [1.54, 1.807) is 42.5 Å². The number of carbonyl (C=O) groups is 2. The quantitative estimate of drug-likeness (QED) is 0.228. The molecular formula is C26H20Cl3NO5. The summed E-state index contributed by atoms with van der Waals surface area (Å²) in [6.07, 6.45) is 0. The summed E-state index contributed by atoms with van der Waals surface area (Å²) in [7, 11) is 2.85. The van der Waals surface area contributed by atoms with Crippen LogP contribution in [-0.4, -0.2) is 31.0 Å². The Hall–Kier alpha value is -3.19. The van der Waals surface area contributed by atoms with Crippen LogP contribution in [-0.2, 0) is 9.59 Å². The Bertz CT molecular complexity index is 1370. The highest BCUT2D eigenvalue weighted by Gasteiger charge is 2.47. The van der Waals surface area contributed by atoms with Crippen molar-refractivity contribution in [3.05, 3.63) is 91.9 Å². The standard InChI is InChI=1S/C26H20Cl3NO5/c1-13-4-9-16(10-18(13)28)30-23(14-5-7-15(27)8-6-14)22(25(32)26(30)33)24(31)17-11-19(29)21(35-3)12-20(17)34-2/h4-12,23,31H,1-3H3/b24-22+. The first-order chi connectivity index (χ1) is 16.7. The Morgan fingerprint density at radius 3 is 2.14 bits per heavy atom. The van der Waals surface area contributed by atoms with E-state index in [4.69, 9.17) is 44.3 Å². The van der Waals surface area contributed by atoms with Crippen LogP contribution in [0.1, 0.15) is 22.7 Å².